The van der Waals surface area contributed by atoms with Gasteiger partial charge in [0.15, 0.2) is 0 Å². The van der Waals surface area contributed by atoms with Gasteiger partial charge in [-0.1, -0.05) is 12.1 Å². The lowest BCUT2D eigenvalue weighted by Gasteiger charge is -2.44. The molecule has 2 aliphatic rings. The highest BCUT2D eigenvalue weighted by molar-refractivity contribution is 5.68. The number of hydrogen-bond acceptors (Lipinski definition) is 4. The van der Waals surface area contributed by atoms with Crippen LogP contribution < -0.4 is 0 Å². The maximum absolute atomic E-state index is 12.8. The van der Waals surface area contributed by atoms with E-state index in [-0.39, 0.29) is 11.6 Å². The Morgan fingerprint density at radius 2 is 1.79 bits per heavy atom. The first-order valence-corrected chi connectivity index (χ1v) is 9.27. The fraction of sp³-hybridized carbons (Fsp3) is 0.600. The van der Waals surface area contributed by atoms with Crippen LogP contribution in [-0.2, 0) is 10.9 Å². The molecule has 0 bridgehead atoms. The molecule has 1 saturated carbocycles. The van der Waals surface area contributed by atoms with Crippen LogP contribution in [-0.4, -0.2) is 46.7 Å². The predicted octanol–water partition coefficient (Wildman–Crippen LogP) is 4.36. The number of nitriles is 1. The molecule has 1 heterocycles. The summed E-state index contributed by atoms with van der Waals surface area (Å²) in [6, 6.07) is 6.34. The van der Waals surface area contributed by atoms with Crippen LogP contribution in [0.5, 0.6) is 0 Å². The molecule has 0 N–H and O–H groups in total. The van der Waals surface area contributed by atoms with Crippen molar-refractivity contribution in [3.05, 3.63) is 35.4 Å². The number of piperazine rings is 1. The molecule has 1 atom stereocenters. The van der Waals surface area contributed by atoms with E-state index in [9.17, 15) is 23.2 Å². The van der Waals surface area contributed by atoms with Crippen molar-refractivity contribution in [2.45, 2.75) is 57.0 Å². The Morgan fingerprint density at radius 3 is 2.25 bits per heavy atom. The summed E-state index contributed by atoms with van der Waals surface area (Å²) in [6.07, 6.45) is -3.10. The highest BCUT2D eigenvalue weighted by Gasteiger charge is 2.54. The number of alkyl halides is 3. The number of ether oxygens (including phenoxy) is 1. The molecule has 1 amide bonds. The highest BCUT2D eigenvalue weighted by Crippen LogP contribution is 2.48. The number of rotatable bonds is 2. The Labute approximate surface area is 162 Å². The summed E-state index contributed by atoms with van der Waals surface area (Å²) in [5.74, 6) is 0. The van der Waals surface area contributed by atoms with Gasteiger partial charge in [-0.25, -0.2) is 4.79 Å². The van der Waals surface area contributed by atoms with E-state index in [1.54, 1.807) is 4.90 Å². The Hall–Kier alpha value is -2.27. The van der Waals surface area contributed by atoms with Crippen LogP contribution in [0.3, 0.4) is 0 Å². The van der Waals surface area contributed by atoms with Gasteiger partial charge in [0, 0.05) is 25.2 Å². The van der Waals surface area contributed by atoms with Crippen molar-refractivity contribution in [1.29, 1.82) is 5.26 Å². The van der Waals surface area contributed by atoms with Crippen LogP contribution in [0.25, 0.3) is 0 Å². The van der Waals surface area contributed by atoms with Crippen molar-refractivity contribution >= 4 is 6.09 Å². The monoisotopic (exact) mass is 395 g/mol. The zero-order valence-corrected chi connectivity index (χ0v) is 16.2. The number of carbonyl (C=O) groups is 1. The molecule has 1 aromatic rings. The molecule has 5 nitrogen and oxygen atoms in total. The number of benzene rings is 1. The summed E-state index contributed by atoms with van der Waals surface area (Å²) < 4.78 is 43.9. The van der Waals surface area contributed by atoms with Crippen LogP contribution >= 0.6 is 0 Å². The second-order valence-corrected chi connectivity index (χ2v) is 8.47. The Bertz CT molecular complexity index is 774. The van der Waals surface area contributed by atoms with E-state index in [4.69, 9.17) is 4.74 Å². The molecule has 1 aliphatic carbocycles. The lowest BCUT2D eigenvalue weighted by Crippen LogP contribution is -2.57. The van der Waals surface area contributed by atoms with E-state index in [0.29, 0.717) is 25.2 Å². The minimum atomic E-state index is -4.41. The topological polar surface area (TPSA) is 56.6 Å². The molecule has 1 spiro atoms. The minimum absolute atomic E-state index is 0.307. The molecule has 0 aromatic heterocycles. The largest absolute Gasteiger partial charge is 0.444 e. The molecule has 152 valence electrons. The first-order chi connectivity index (χ1) is 13.0. The van der Waals surface area contributed by atoms with Gasteiger partial charge in [-0.2, -0.15) is 18.4 Å². The summed E-state index contributed by atoms with van der Waals surface area (Å²) in [5, 5.41) is 9.73. The van der Waals surface area contributed by atoms with Crippen LogP contribution in [0, 0.1) is 11.3 Å². The minimum Gasteiger partial charge on any atom is -0.444 e. The number of carbonyl (C=O) groups excluding carboxylic acids is 1. The fourth-order valence-electron chi connectivity index (χ4n) is 3.64. The molecule has 1 aliphatic heterocycles. The lowest BCUT2D eigenvalue weighted by molar-refractivity contribution is -0.137. The highest BCUT2D eigenvalue weighted by atomic mass is 19.4. The Balaban J connectivity index is 1.75. The van der Waals surface area contributed by atoms with Gasteiger partial charge in [0.2, 0.25) is 0 Å². The zero-order chi connectivity index (χ0) is 20.7. The third kappa shape index (κ3) is 4.25. The molecule has 1 saturated heterocycles. The Kier molecular flexibility index (Phi) is 5.09. The standard InChI is InChI=1S/C20H24F3N3O2/c1-18(2,3)28-17(27)25-10-11-26(19(13-25)8-9-19)16(12-24)14-4-6-15(7-5-14)20(21,22)23/h4-7,16H,8-11,13H2,1-3H3. The first-order valence-electron chi connectivity index (χ1n) is 9.27. The predicted molar refractivity (Wildman–Crippen MR) is 96.3 cm³/mol. The second kappa shape index (κ2) is 6.96. The average Bonchev–Trinajstić information content (AvgIpc) is 3.35. The number of hydrogen-bond donors (Lipinski definition) is 0. The second-order valence-electron chi connectivity index (χ2n) is 8.47. The third-order valence-electron chi connectivity index (χ3n) is 5.17. The molecule has 28 heavy (non-hydrogen) atoms. The van der Waals surface area contributed by atoms with E-state index in [1.165, 1.54) is 12.1 Å². The van der Waals surface area contributed by atoms with E-state index in [1.807, 2.05) is 25.7 Å². The molecule has 3 rings (SSSR count). The SMILES string of the molecule is CC(C)(C)OC(=O)N1CCN(C(C#N)c2ccc(C(F)(F)F)cc2)C2(CC2)C1. The smallest absolute Gasteiger partial charge is 0.416 e. The molecular weight excluding hydrogens is 371 g/mol. The van der Waals surface area contributed by atoms with Crippen molar-refractivity contribution in [3.63, 3.8) is 0 Å². The summed E-state index contributed by atoms with van der Waals surface area (Å²) in [7, 11) is 0. The molecule has 0 radical (unpaired) electrons. The van der Waals surface area contributed by atoms with Gasteiger partial charge in [0.05, 0.1) is 11.6 Å². The normalized spacial score (nSPS) is 20.5. The van der Waals surface area contributed by atoms with Gasteiger partial charge in [0.25, 0.3) is 0 Å². The van der Waals surface area contributed by atoms with Gasteiger partial charge < -0.3 is 9.64 Å². The van der Waals surface area contributed by atoms with Crippen molar-refractivity contribution < 1.29 is 22.7 Å². The fourth-order valence-corrected chi connectivity index (χ4v) is 3.64. The number of halogens is 3. The summed E-state index contributed by atoms with van der Waals surface area (Å²) in [4.78, 5) is 16.1. The summed E-state index contributed by atoms with van der Waals surface area (Å²) in [5.41, 5.74) is -1.09. The van der Waals surface area contributed by atoms with E-state index in [0.717, 1.165) is 25.0 Å². The van der Waals surface area contributed by atoms with E-state index >= 15 is 0 Å². The van der Waals surface area contributed by atoms with Crippen LogP contribution in [0.2, 0.25) is 0 Å². The maximum Gasteiger partial charge on any atom is 0.416 e. The van der Waals surface area contributed by atoms with Gasteiger partial charge >= 0.3 is 12.3 Å². The lowest BCUT2D eigenvalue weighted by atomic mass is 9.99. The van der Waals surface area contributed by atoms with Gasteiger partial charge in [-0.05, 0) is 51.3 Å². The van der Waals surface area contributed by atoms with Crippen molar-refractivity contribution in [1.82, 2.24) is 9.80 Å². The quantitative estimate of drug-likeness (QED) is 0.747. The van der Waals surface area contributed by atoms with Gasteiger partial charge in [-0.15, -0.1) is 0 Å². The van der Waals surface area contributed by atoms with Crippen molar-refractivity contribution in [3.8, 4) is 6.07 Å². The molecule has 8 heteroatoms. The Morgan fingerprint density at radius 1 is 1.18 bits per heavy atom. The number of amides is 1. The number of nitrogens with zero attached hydrogens (tertiary/aromatic N) is 3. The third-order valence-corrected chi connectivity index (χ3v) is 5.17. The van der Waals surface area contributed by atoms with E-state index < -0.39 is 23.4 Å². The summed E-state index contributed by atoms with van der Waals surface area (Å²) >= 11 is 0. The van der Waals surface area contributed by atoms with Crippen LogP contribution in [0.1, 0.15) is 50.8 Å². The first kappa shape index (κ1) is 20.5. The maximum atomic E-state index is 12.8. The zero-order valence-electron chi connectivity index (χ0n) is 16.2. The van der Waals surface area contributed by atoms with Gasteiger partial charge in [0.1, 0.15) is 11.6 Å². The van der Waals surface area contributed by atoms with Crippen LogP contribution in [0.15, 0.2) is 24.3 Å². The molecular formula is C20H24F3N3O2. The van der Waals surface area contributed by atoms with Gasteiger partial charge in [-0.3, -0.25) is 4.90 Å². The summed E-state index contributed by atoms with van der Waals surface area (Å²) in [6.45, 7) is 6.77. The molecule has 1 aromatic carbocycles. The van der Waals surface area contributed by atoms with Crippen LogP contribution in [0.4, 0.5) is 18.0 Å². The molecule has 1 unspecified atom stereocenters. The van der Waals surface area contributed by atoms with Crippen molar-refractivity contribution in [2.24, 2.45) is 0 Å². The van der Waals surface area contributed by atoms with Crippen molar-refractivity contribution in [2.75, 3.05) is 19.6 Å². The average molecular weight is 395 g/mol. The molecule has 2 fully saturated rings. The van der Waals surface area contributed by atoms with E-state index in [2.05, 4.69) is 6.07 Å².